The first-order valence-corrected chi connectivity index (χ1v) is 8.79. The molecular formula is C17H21N3O3S. The van der Waals surface area contributed by atoms with Gasteiger partial charge in [-0.15, -0.1) is 0 Å². The van der Waals surface area contributed by atoms with Crippen LogP contribution in [-0.4, -0.2) is 35.4 Å². The molecular weight excluding hydrogens is 326 g/mol. The van der Waals surface area contributed by atoms with E-state index in [4.69, 9.17) is 0 Å². The summed E-state index contributed by atoms with van der Waals surface area (Å²) in [7, 11) is 0. The number of carbonyl (C=O) groups is 1. The predicted molar refractivity (Wildman–Crippen MR) is 95.4 cm³/mol. The third-order valence-electron chi connectivity index (χ3n) is 3.96. The van der Waals surface area contributed by atoms with Crippen molar-refractivity contribution in [3.05, 3.63) is 62.3 Å². The Bertz CT molecular complexity index is 684. The van der Waals surface area contributed by atoms with Gasteiger partial charge in [-0.05, 0) is 41.5 Å². The summed E-state index contributed by atoms with van der Waals surface area (Å²) in [5.74, 6) is -0.300. The molecule has 0 saturated heterocycles. The van der Waals surface area contributed by atoms with Crippen molar-refractivity contribution >= 4 is 22.9 Å². The number of non-ortho nitro benzene ring substituents is 1. The quantitative estimate of drug-likeness (QED) is 0.586. The maximum Gasteiger partial charge on any atom is 0.270 e. The third-order valence-corrected chi connectivity index (χ3v) is 4.66. The average Bonchev–Trinajstić information content (AvgIpc) is 3.12. The molecule has 6 nitrogen and oxygen atoms in total. The molecule has 0 fully saturated rings. The number of hydrogen-bond donors (Lipinski definition) is 1. The fraction of sp³-hybridized carbons (Fsp3) is 0.353. The van der Waals surface area contributed by atoms with E-state index in [0.29, 0.717) is 12.1 Å². The molecule has 0 bridgehead atoms. The van der Waals surface area contributed by atoms with Crippen molar-refractivity contribution in [3.8, 4) is 0 Å². The lowest BCUT2D eigenvalue weighted by molar-refractivity contribution is -0.384. The molecule has 0 aliphatic rings. The highest BCUT2D eigenvalue weighted by atomic mass is 32.1. The summed E-state index contributed by atoms with van der Waals surface area (Å²) in [4.78, 5) is 25.0. The van der Waals surface area contributed by atoms with Crippen molar-refractivity contribution < 1.29 is 9.72 Å². The summed E-state index contributed by atoms with van der Waals surface area (Å²) in [6, 6.07) is 7.93. The first-order valence-electron chi connectivity index (χ1n) is 7.85. The second kappa shape index (κ2) is 8.56. The van der Waals surface area contributed by atoms with Crippen molar-refractivity contribution in [3.63, 3.8) is 0 Å². The lowest BCUT2D eigenvalue weighted by Crippen LogP contribution is -2.37. The molecule has 0 unspecified atom stereocenters. The average molecular weight is 347 g/mol. The molecule has 7 heteroatoms. The summed E-state index contributed by atoms with van der Waals surface area (Å²) in [6.45, 7) is 6.39. The summed E-state index contributed by atoms with van der Waals surface area (Å²) < 4.78 is 0. The van der Waals surface area contributed by atoms with E-state index in [1.54, 1.807) is 17.4 Å². The highest BCUT2D eigenvalue weighted by Crippen LogP contribution is 2.22. The van der Waals surface area contributed by atoms with Crippen molar-refractivity contribution in [2.24, 2.45) is 0 Å². The van der Waals surface area contributed by atoms with Crippen LogP contribution in [0.15, 0.2) is 41.1 Å². The van der Waals surface area contributed by atoms with E-state index < -0.39 is 4.92 Å². The summed E-state index contributed by atoms with van der Waals surface area (Å²) >= 11 is 1.63. The fourth-order valence-electron chi connectivity index (χ4n) is 2.64. The Morgan fingerprint density at radius 3 is 2.67 bits per heavy atom. The zero-order chi connectivity index (χ0) is 17.5. The highest BCUT2D eigenvalue weighted by Gasteiger charge is 2.20. The van der Waals surface area contributed by atoms with Crippen LogP contribution in [0.3, 0.4) is 0 Å². The van der Waals surface area contributed by atoms with Gasteiger partial charge >= 0.3 is 0 Å². The standard InChI is InChI=1S/C17H21N3O3S/c1-3-19(4-2)16(14-8-9-24-12-14)11-18-17(21)13-6-5-7-15(10-13)20(22)23/h5-10,12,16H,3-4,11H2,1-2H3,(H,18,21)/t16-/m1/s1. The van der Waals surface area contributed by atoms with Crippen LogP contribution in [0, 0.1) is 10.1 Å². The van der Waals surface area contributed by atoms with Gasteiger partial charge in [-0.2, -0.15) is 11.3 Å². The van der Waals surface area contributed by atoms with Crippen LogP contribution in [0.25, 0.3) is 0 Å². The Hall–Kier alpha value is -2.25. The molecule has 0 spiro atoms. The predicted octanol–water partition coefficient (Wildman–Crippen LogP) is 3.47. The molecule has 0 saturated carbocycles. The molecule has 0 radical (unpaired) electrons. The van der Waals surface area contributed by atoms with Crippen LogP contribution in [-0.2, 0) is 0 Å². The Morgan fingerprint density at radius 2 is 2.08 bits per heavy atom. The molecule has 2 aromatic rings. The number of nitrogens with one attached hydrogen (secondary N) is 1. The van der Waals surface area contributed by atoms with E-state index in [2.05, 4.69) is 35.5 Å². The van der Waals surface area contributed by atoms with Crippen LogP contribution < -0.4 is 5.32 Å². The number of rotatable bonds is 8. The minimum absolute atomic E-state index is 0.0826. The molecule has 0 aliphatic carbocycles. The molecule has 1 amide bonds. The van der Waals surface area contributed by atoms with Gasteiger partial charge in [0.1, 0.15) is 0 Å². The Morgan fingerprint density at radius 1 is 1.33 bits per heavy atom. The number of likely N-dealkylation sites (N-methyl/N-ethyl adjacent to an activating group) is 1. The highest BCUT2D eigenvalue weighted by molar-refractivity contribution is 7.07. The van der Waals surface area contributed by atoms with Gasteiger partial charge in [-0.25, -0.2) is 0 Å². The maximum absolute atomic E-state index is 12.3. The summed E-state index contributed by atoms with van der Waals surface area (Å²) in [5.41, 5.74) is 1.39. The second-order valence-corrected chi connectivity index (χ2v) is 6.09. The molecule has 2 rings (SSSR count). The van der Waals surface area contributed by atoms with Crippen LogP contribution in [0.4, 0.5) is 5.69 Å². The largest absolute Gasteiger partial charge is 0.350 e. The maximum atomic E-state index is 12.3. The summed E-state index contributed by atoms with van der Waals surface area (Å²) in [5, 5.41) is 17.8. The van der Waals surface area contributed by atoms with Gasteiger partial charge in [0.2, 0.25) is 0 Å². The second-order valence-electron chi connectivity index (χ2n) is 5.31. The third kappa shape index (κ3) is 4.39. The van der Waals surface area contributed by atoms with Gasteiger partial charge < -0.3 is 5.32 Å². The lowest BCUT2D eigenvalue weighted by atomic mass is 10.1. The first kappa shape index (κ1) is 18.1. The van der Waals surface area contributed by atoms with Crippen molar-refractivity contribution in [1.29, 1.82) is 0 Å². The van der Waals surface area contributed by atoms with Crippen molar-refractivity contribution in [2.45, 2.75) is 19.9 Å². The Balaban J connectivity index is 2.10. The zero-order valence-electron chi connectivity index (χ0n) is 13.8. The topological polar surface area (TPSA) is 75.5 Å². The van der Waals surface area contributed by atoms with E-state index in [1.165, 1.54) is 23.8 Å². The van der Waals surface area contributed by atoms with Gasteiger partial charge in [0.25, 0.3) is 11.6 Å². The van der Waals surface area contributed by atoms with E-state index >= 15 is 0 Å². The molecule has 1 aromatic heterocycles. The fourth-order valence-corrected chi connectivity index (χ4v) is 3.35. The molecule has 1 heterocycles. The molecule has 0 aliphatic heterocycles. The van der Waals surface area contributed by atoms with Crippen LogP contribution in [0.1, 0.15) is 35.8 Å². The zero-order valence-corrected chi connectivity index (χ0v) is 14.6. The molecule has 24 heavy (non-hydrogen) atoms. The van der Waals surface area contributed by atoms with Gasteiger partial charge in [0.15, 0.2) is 0 Å². The number of benzene rings is 1. The SMILES string of the molecule is CCN(CC)[C@H](CNC(=O)c1cccc([N+](=O)[O-])c1)c1ccsc1. The molecule has 1 N–H and O–H groups in total. The number of nitrogens with zero attached hydrogens (tertiary/aromatic N) is 2. The van der Waals surface area contributed by atoms with Crippen LogP contribution >= 0.6 is 11.3 Å². The summed E-state index contributed by atoms with van der Waals surface area (Å²) in [6.07, 6.45) is 0. The van der Waals surface area contributed by atoms with E-state index in [0.717, 1.165) is 13.1 Å². The number of hydrogen-bond acceptors (Lipinski definition) is 5. The number of nitro benzene ring substituents is 1. The van der Waals surface area contributed by atoms with E-state index in [-0.39, 0.29) is 17.6 Å². The minimum Gasteiger partial charge on any atom is -0.350 e. The van der Waals surface area contributed by atoms with Gasteiger partial charge in [-0.3, -0.25) is 19.8 Å². The van der Waals surface area contributed by atoms with Gasteiger partial charge in [0.05, 0.1) is 11.0 Å². The smallest absolute Gasteiger partial charge is 0.270 e. The van der Waals surface area contributed by atoms with E-state index in [9.17, 15) is 14.9 Å². The monoisotopic (exact) mass is 347 g/mol. The molecule has 1 atom stereocenters. The number of amides is 1. The van der Waals surface area contributed by atoms with E-state index in [1.807, 2.05) is 5.38 Å². The normalized spacial score (nSPS) is 12.1. The van der Waals surface area contributed by atoms with Gasteiger partial charge in [0, 0.05) is 24.2 Å². The Kier molecular flexibility index (Phi) is 6.45. The van der Waals surface area contributed by atoms with Crippen molar-refractivity contribution in [1.82, 2.24) is 10.2 Å². The van der Waals surface area contributed by atoms with Crippen molar-refractivity contribution in [2.75, 3.05) is 19.6 Å². The minimum atomic E-state index is -0.499. The number of thiophene rings is 1. The number of nitro groups is 1. The van der Waals surface area contributed by atoms with Crippen LogP contribution in [0.2, 0.25) is 0 Å². The number of carbonyl (C=O) groups excluding carboxylic acids is 1. The Labute approximate surface area is 145 Å². The lowest BCUT2D eigenvalue weighted by Gasteiger charge is -2.29. The van der Waals surface area contributed by atoms with Gasteiger partial charge in [-0.1, -0.05) is 19.9 Å². The van der Waals surface area contributed by atoms with Crippen LogP contribution in [0.5, 0.6) is 0 Å². The molecule has 1 aromatic carbocycles. The first-order chi connectivity index (χ1) is 11.6. The molecule has 128 valence electrons.